The first kappa shape index (κ1) is 7.60. The van der Waals surface area contributed by atoms with E-state index in [4.69, 9.17) is 0 Å². The van der Waals surface area contributed by atoms with Crippen LogP contribution in [0.2, 0.25) is 25.2 Å². The molecule has 0 bridgehead atoms. The second-order valence-electron chi connectivity index (χ2n) is 5.14. The van der Waals surface area contributed by atoms with Crippen molar-refractivity contribution < 1.29 is 0 Å². The Bertz CT molecular complexity index is 188. The zero-order valence-electron chi connectivity index (χ0n) is 7.80. The maximum Gasteiger partial charge on any atom is 0.0483 e. The lowest BCUT2D eigenvalue weighted by atomic mass is 10.1. The number of fused-ring (bicyclic) bond motifs is 1. The van der Waals surface area contributed by atoms with Gasteiger partial charge in [-0.05, 0) is 30.2 Å². The van der Waals surface area contributed by atoms with E-state index < -0.39 is 8.07 Å². The van der Waals surface area contributed by atoms with E-state index in [2.05, 4.69) is 31.8 Å². The molecule has 3 atom stereocenters. The van der Waals surface area contributed by atoms with Crippen molar-refractivity contribution in [2.45, 2.75) is 38.0 Å². The third kappa shape index (κ3) is 1.20. The fraction of sp³-hybridized carbons (Fsp3) is 0.800. The van der Waals surface area contributed by atoms with Crippen LogP contribution >= 0.6 is 0 Å². The molecule has 62 valence electrons. The molecular formula is C10H18Si. The van der Waals surface area contributed by atoms with Gasteiger partial charge in [-0.3, -0.25) is 0 Å². The van der Waals surface area contributed by atoms with Crippen molar-refractivity contribution in [3.05, 3.63) is 12.2 Å². The van der Waals surface area contributed by atoms with Crippen LogP contribution in [0.1, 0.15) is 12.8 Å². The molecule has 0 aromatic heterocycles. The van der Waals surface area contributed by atoms with Crippen molar-refractivity contribution >= 4 is 8.07 Å². The summed E-state index contributed by atoms with van der Waals surface area (Å²) in [5, 5.41) is 0. The minimum atomic E-state index is -0.803. The summed E-state index contributed by atoms with van der Waals surface area (Å²) in [4.78, 5) is 0. The van der Waals surface area contributed by atoms with Gasteiger partial charge >= 0.3 is 0 Å². The molecule has 2 aliphatic rings. The van der Waals surface area contributed by atoms with E-state index in [9.17, 15) is 0 Å². The van der Waals surface area contributed by atoms with Gasteiger partial charge in [-0.1, -0.05) is 31.8 Å². The fourth-order valence-electron chi connectivity index (χ4n) is 2.80. The molecule has 1 heteroatoms. The molecule has 0 aromatic rings. The maximum absolute atomic E-state index is 2.52. The molecule has 0 aliphatic heterocycles. The lowest BCUT2D eigenvalue weighted by molar-refractivity contribution is 0.681. The first-order chi connectivity index (χ1) is 5.11. The molecule has 0 unspecified atom stereocenters. The van der Waals surface area contributed by atoms with Crippen LogP contribution in [-0.2, 0) is 0 Å². The fourth-order valence-corrected chi connectivity index (χ4v) is 5.87. The van der Waals surface area contributed by atoms with Crippen molar-refractivity contribution in [1.29, 1.82) is 0 Å². The van der Waals surface area contributed by atoms with Gasteiger partial charge in [-0.25, -0.2) is 0 Å². The molecular weight excluding hydrogens is 148 g/mol. The molecule has 0 aromatic carbocycles. The van der Waals surface area contributed by atoms with Gasteiger partial charge in [0.2, 0.25) is 0 Å². The molecule has 0 radical (unpaired) electrons. The highest BCUT2D eigenvalue weighted by Gasteiger charge is 2.54. The van der Waals surface area contributed by atoms with Gasteiger partial charge < -0.3 is 0 Å². The Balaban J connectivity index is 2.08. The van der Waals surface area contributed by atoms with Crippen LogP contribution in [0.15, 0.2) is 12.2 Å². The highest BCUT2D eigenvalue weighted by Crippen LogP contribution is 2.62. The van der Waals surface area contributed by atoms with Gasteiger partial charge in [0.25, 0.3) is 0 Å². The Kier molecular flexibility index (Phi) is 1.54. The predicted molar refractivity (Wildman–Crippen MR) is 52.5 cm³/mol. The van der Waals surface area contributed by atoms with Crippen LogP contribution in [0.5, 0.6) is 0 Å². The Morgan fingerprint density at radius 3 is 2.45 bits per heavy atom. The average molecular weight is 166 g/mol. The van der Waals surface area contributed by atoms with Crippen LogP contribution in [0, 0.1) is 11.8 Å². The zero-order chi connectivity index (χ0) is 8.06. The molecule has 1 saturated carbocycles. The smallest absolute Gasteiger partial charge is 0.0483 e. The minimum Gasteiger partial charge on any atom is -0.0882 e. The lowest BCUT2D eigenvalue weighted by Crippen LogP contribution is -2.21. The van der Waals surface area contributed by atoms with Gasteiger partial charge in [0.05, 0.1) is 0 Å². The molecule has 0 N–H and O–H groups in total. The van der Waals surface area contributed by atoms with Gasteiger partial charge in [-0.2, -0.15) is 0 Å². The molecule has 2 aliphatic carbocycles. The van der Waals surface area contributed by atoms with Crippen molar-refractivity contribution in [1.82, 2.24) is 0 Å². The monoisotopic (exact) mass is 166 g/mol. The predicted octanol–water partition coefficient (Wildman–Crippen LogP) is 3.29. The van der Waals surface area contributed by atoms with Crippen LogP contribution < -0.4 is 0 Å². The molecule has 1 fully saturated rings. The van der Waals surface area contributed by atoms with Crippen LogP contribution in [0.25, 0.3) is 0 Å². The van der Waals surface area contributed by atoms with E-state index in [1.54, 1.807) is 0 Å². The summed E-state index contributed by atoms with van der Waals surface area (Å²) in [7, 11) is -0.803. The highest BCUT2D eigenvalue weighted by atomic mass is 28.3. The quantitative estimate of drug-likeness (QED) is 0.414. The molecule has 0 heterocycles. The first-order valence-electron chi connectivity index (χ1n) is 4.77. The lowest BCUT2D eigenvalue weighted by Gasteiger charge is -2.15. The van der Waals surface area contributed by atoms with Crippen molar-refractivity contribution in [2.75, 3.05) is 0 Å². The summed E-state index contributed by atoms with van der Waals surface area (Å²) in [6, 6.07) is 0. The number of rotatable bonds is 1. The number of hydrogen-bond acceptors (Lipinski definition) is 0. The van der Waals surface area contributed by atoms with E-state index in [0.29, 0.717) is 0 Å². The number of hydrogen-bond donors (Lipinski definition) is 0. The van der Waals surface area contributed by atoms with Crippen molar-refractivity contribution in [3.8, 4) is 0 Å². The second-order valence-corrected chi connectivity index (χ2v) is 10.5. The van der Waals surface area contributed by atoms with Crippen LogP contribution in [0.3, 0.4) is 0 Å². The highest BCUT2D eigenvalue weighted by molar-refractivity contribution is 6.78. The van der Waals surface area contributed by atoms with Crippen LogP contribution in [-0.4, -0.2) is 8.07 Å². The van der Waals surface area contributed by atoms with Gasteiger partial charge in [0, 0.05) is 8.07 Å². The van der Waals surface area contributed by atoms with Crippen molar-refractivity contribution in [3.63, 3.8) is 0 Å². The summed E-state index contributed by atoms with van der Waals surface area (Å²) in [5.41, 5.74) is 1.13. The van der Waals surface area contributed by atoms with E-state index >= 15 is 0 Å². The molecule has 0 saturated heterocycles. The number of allylic oxidation sites excluding steroid dienone is 2. The Labute approximate surface area is 70.7 Å². The third-order valence-corrected chi connectivity index (χ3v) is 6.07. The largest absolute Gasteiger partial charge is 0.0882 e. The van der Waals surface area contributed by atoms with E-state index in [1.165, 1.54) is 12.8 Å². The van der Waals surface area contributed by atoms with E-state index in [0.717, 1.165) is 17.4 Å². The van der Waals surface area contributed by atoms with Crippen molar-refractivity contribution in [2.24, 2.45) is 11.8 Å². The van der Waals surface area contributed by atoms with E-state index in [1.807, 2.05) is 0 Å². The Morgan fingerprint density at radius 1 is 1.27 bits per heavy atom. The Morgan fingerprint density at radius 2 is 2.00 bits per heavy atom. The summed E-state index contributed by atoms with van der Waals surface area (Å²) in [6.45, 7) is 7.55. The van der Waals surface area contributed by atoms with Gasteiger partial charge in [0.1, 0.15) is 0 Å². The standard InChI is InChI=1S/C10H18Si/c1-11(2,3)10-8-6-4-5-7-9(8)10/h4,6,8-10H,5,7H2,1-3H3/t8-,9+,10-/m1/s1. The first-order valence-corrected chi connectivity index (χ1v) is 8.35. The molecule has 0 amide bonds. The maximum atomic E-state index is 2.52. The summed E-state index contributed by atoms with van der Waals surface area (Å²) < 4.78 is 0. The van der Waals surface area contributed by atoms with Crippen LogP contribution in [0.4, 0.5) is 0 Å². The summed E-state index contributed by atoms with van der Waals surface area (Å²) in [5.74, 6) is 2.11. The summed E-state index contributed by atoms with van der Waals surface area (Å²) in [6.07, 6.45) is 7.70. The molecule has 0 nitrogen and oxygen atoms in total. The molecule has 11 heavy (non-hydrogen) atoms. The average Bonchev–Trinajstić information content (AvgIpc) is 2.58. The third-order valence-electron chi connectivity index (χ3n) is 3.25. The molecule has 0 spiro atoms. The molecule has 2 rings (SSSR count). The topological polar surface area (TPSA) is 0 Å². The second kappa shape index (κ2) is 2.22. The Hall–Kier alpha value is -0.0431. The van der Waals surface area contributed by atoms with Gasteiger partial charge in [0.15, 0.2) is 0 Å². The van der Waals surface area contributed by atoms with E-state index in [-0.39, 0.29) is 0 Å². The minimum absolute atomic E-state index is 0.803. The summed E-state index contributed by atoms with van der Waals surface area (Å²) >= 11 is 0. The van der Waals surface area contributed by atoms with Gasteiger partial charge in [-0.15, -0.1) is 0 Å². The SMILES string of the molecule is C[Si](C)(C)[C@@H]1[C@@H]2C=CCC[C@@H]21. The normalized spacial score (nSPS) is 41.9. The zero-order valence-corrected chi connectivity index (χ0v) is 8.80.